The van der Waals surface area contributed by atoms with Gasteiger partial charge in [-0.05, 0) is 57.0 Å². The maximum atomic E-state index is 14.0. The Labute approximate surface area is 217 Å². The summed E-state index contributed by atoms with van der Waals surface area (Å²) in [5.41, 5.74) is 2.02. The van der Waals surface area contributed by atoms with Crippen LogP contribution in [-0.2, 0) is 11.3 Å². The van der Waals surface area contributed by atoms with Crippen molar-refractivity contribution in [2.24, 2.45) is 0 Å². The molecule has 1 N–H and O–H groups in total. The van der Waals surface area contributed by atoms with E-state index >= 15 is 0 Å². The smallest absolute Gasteiger partial charge is 0.262 e. The van der Waals surface area contributed by atoms with E-state index in [-0.39, 0.29) is 24.1 Å². The van der Waals surface area contributed by atoms with Gasteiger partial charge in [0, 0.05) is 55.6 Å². The highest BCUT2D eigenvalue weighted by atomic mass is 16.5. The van der Waals surface area contributed by atoms with Crippen LogP contribution in [-0.4, -0.2) is 72.8 Å². The molecular weight excluding hydrogens is 470 g/mol. The van der Waals surface area contributed by atoms with Gasteiger partial charge in [-0.15, -0.1) is 0 Å². The first-order chi connectivity index (χ1) is 17.9. The van der Waals surface area contributed by atoms with Gasteiger partial charge in [0.25, 0.3) is 5.56 Å². The average Bonchev–Trinajstić information content (AvgIpc) is 3.23. The zero-order valence-electron chi connectivity index (χ0n) is 22.0. The van der Waals surface area contributed by atoms with Crippen molar-refractivity contribution in [3.05, 3.63) is 46.8 Å². The third-order valence-electron chi connectivity index (χ3n) is 7.29. The number of rotatable bonds is 7. The molecule has 0 atom stereocenters. The van der Waals surface area contributed by atoms with Crippen LogP contribution >= 0.6 is 0 Å². The van der Waals surface area contributed by atoms with E-state index < -0.39 is 0 Å². The van der Waals surface area contributed by atoms with Gasteiger partial charge in [0.15, 0.2) is 0 Å². The number of ether oxygens (including phenoxy) is 2. The van der Waals surface area contributed by atoms with Crippen LogP contribution in [0.4, 0.5) is 5.69 Å². The van der Waals surface area contributed by atoms with Crippen LogP contribution in [0.2, 0.25) is 0 Å². The van der Waals surface area contributed by atoms with Crippen LogP contribution in [0.3, 0.4) is 0 Å². The number of nitrogens with zero attached hydrogens (tertiary/aromatic N) is 4. The largest absolute Gasteiger partial charge is 0.497 e. The van der Waals surface area contributed by atoms with Crippen molar-refractivity contribution in [2.45, 2.75) is 45.3 Å². The van der Waals surface area contributed by atoms with E-state index in [1.807, 2.05) is 26.0 Å². The van der Waals surface area contributed by atoms with Gasteiger partial charge in [-0.2, -0.15) is 0 Å². The molecule has 4 heterocycles. The zero-order valence-corrected chi connectivity index (χ0v) is 22.0. The van der Waals surface area contributed by atoms with E-state index in [1.165, 1.54) is 4.57 Å². The van der Waals surface area contributed by atoms with E-state index in [0.29, 0.717) is 39.8 Å². The lowest BCUT2D eigenvalue weighted by atomic mass is 10.0. The first kappa shape index (κ1) is 25.1. The lowest BCUT2D eigenvalue weighted by Crippen LogP contribution is -2.38. The summed E-state index contributed by atoms with van der Waals surface area (Å²) in [4.78, 5) is 36.6. The lowest BCUT2D eigenvalue weighted by Gasteiger charge is -2.33. The molecule has 3 aliphatic heterocycles. The van der Waals surface area contributed by atoms with E-state index in [1.54, 1.807) is 32.4 Å². The van der Waals surface area contributed by atoms with Gasteiger partial charge in [0.2, 0.25) is 5.91 Å². The topological polar surface area (TPSA) is 88.9 Å². The Morgan fingerprint density at radius 3 is 2.38 bits per heavy atom. The maximum absolute atomic E-state index is 14.0. The van der Waals surface area contributed by atoms with Gasteiger partial charge >= 0.3 is 0 Å². The number of nitrogens with one attached hydrogen (secondary N) is 1. The second kappa shape index (κ2) is 10.4. The van der Waals surface area contributed by atoms with Gasteiger partial charge in [0.05, 0.1) is 25.1 Å². The third-order valence-corrected chi connectivity index (χ3v) is 7.29. The summed E-state index contributed by atoms with van der Waals surface area (Å²) in [7, 11) is 3.15. The Bertz CT molecular complexity index is 1340. The molecule has 2 bridgehead atoms. The van der Waals surface area contributed by atoms with Crippen molar-refractivity contribution in [1.29, 1.82) is 0 Å². The van der Waals surface area contributed by atoms with Gasteiger partial charge in [-0.3, -0.25) is 14.2 Å². The quantitative estimate of drug-likeness (QED) is 0.528. The summed E-state index contributed by atoms with van der Waals surface area (Å²) in [6.07, 6.45) is 2.26. The zero-order chi connectivity index (χ0) is 26.1. The van der Waals surface area contributed by atoms with E-state index in [2.05, 4.69) is 21.2 Å². The number of anilines is 1. The van der Waals surface area contributed by atoms with E-state index in [9.17, 15) is 9.59 Å². The summed E-state index contributed by atoms with van der Waals surface area (Å²) in [5, 5.41) is 3.40. The standard InChI is InChI=1S/C28H35N5O4/c1-18(2)29-26(34)17-33-27(19-13-22(36-3)16-23(14-19)37-4)30-25-6-5-21(15-24(25)28(33)35)32-12-11-31-9-7-20(32)8-10-31/h5-6,13-16,18,20H,7-12,17H2,1-4H3,(H,29,34). The Morgan fingerprint density at radius 2 is 1.73 bits per heavy atom. The average molecular weight is 506 g/mol. The van der Waals surface area contributed by atoms with Crippen LogP contribution in [0.1, 0.15) is 26.7 Å². The first-order valence-electron chi connectivity index (χ1n) is 12.9. The Morgan fingerprint density at radius 1 is 1.03 bits per heavy atom. The predicted molar refractivity (Wildman–Crippen MR) is 145 cm³/mol. The Kier molecular flexibility index (Phi) is 7.06. The van der Waals surface area contributed by atoms with Crippen LogP contribution in [0, 0.1) is 0 Å². The van der Waals surface area contributed by atoms with Crippen LogP contribution in [0.25, 0.3) is 22.3 Å². The summed E-state index contributed by atoms with van der Waals surface area (Å²) in [5.74, 6) is 1.29. The number of aromatic nitrogens is 2. The molecular formula is C28H35N5O4. The Balaban J connectivity index is 1.64. The highest BCUT2D eigenvalue weighted by Gasteiger charge is 2.29. The van der Waals surface area contributed by atoms with Crippen molar-refractivity contribution < 1.29 is 14.3 Å². The molecule has 1 aromatic heterocycles. The molecule has 3 fully saturated rings. The lowest BCUT2D eigenvalue weighted by molar-refractivity contribution is -0.122. The fourth-order valence-corrected chi connectivity index (χ4v) is 5.43. The number of methoxy groups -OCH3 is 2. The number of fused-ring (bicyclic) bond motifs is 5. The summed E-state index contributed by atoms with van der Waals surface area (Å²) in [6.45, 7) is 7.87. The van der Waals surface area contributed by atoms with Crippen molar-refractivity contribution in [2.75, 3.05) is 45.3 Å². The van der Waals surface area contributed by atoms with Crippen LogP contribution in [0.5, 0.6) is 11.5 Å². The summed E-state index contributed by atoms with van der Waals surface area (Å²) in [6, 6.07) is 11.7. The fraction of sp³-hybridized carbons (Fsp3) is 0.464. The monoisotopic (exact) mass is 505 g/mol. The molecule has 0 saturated carbocycles. The molecule has 0 spiro atoms. The number of carbonyl (C=O) groups is 1. The molecule has 0 radical (unpaired) electrons. The molecule has 3 saturated heterocycles. The molecule has 0 aliphatic carbocycles. The fourth-order valence-electron chi connectivity index (χ4n) is 5.43. The second-order valence-electron chi connectivity index (χ2n) is 10.1. The molecule has 9 nitrogen and oxygen atoms in total. The number of benzene rings is 2. The number of hydrogen-bond donors (Lipinski definition) is 1. The SMILES string of the molecule is COc1cc(OC)cc(-c2nc3ccc(N4CCN5CCC4CC5)cc3c(=O)n2CC(=O)NC(C)C)c1. The number of carbonyl (C=O) groups excluding carboxylic acids is 1. The van der Waals surface area contributed by atoms with Crippen molar-refractivity contribution >= 4 is 22.5 Å². The molecule has 6 rings (SSSR count). The third kappa shape index (κ3) is 5.13. The normalized spacial score (nSPS) is 19.2. The number of piperidine rings is 1. The molecule has 196 valence electrons. The minimum Gasteiger partial charge on any atom is -0.497 e. The molecule has 9 heteroatoms. The van der Waals surface area contributed by atoms with Gasteiger partial charge in [0.1, 0.15) is 23.9 Å². The Hall–Kier alpha value is -3.59. The highest BCUT2D eigenvalue weighted by molar-refractivity contribution is 5.85. The predicted octanol–water partition coefficient (Wildman–Crippen LogP) is 2.89. The minimum absolute atomic E-state index is 0.0439. The summed E-state index contributed by atoms with van der Waals surface area (Å²) < 4.78 is 12.3. The highest BCUT2D eigenvalue weighted by Crippen LogP contribution is 2.31. The molecule has 0 unspecified atom stereocenters. The molecule has 2 aromatic carbocycles. The van der Waals surface area contributed by atoms with Crippen molar-refractivity contribution in [3.8, 4) is 22.9 Å². The second-order valence-corrected chi connectivity index (χ2v) is 10.1. The van der Waals surface area contributed by atoms with Crippen LogP contribution in [0.15, 0.2) is 41.2 Å². The number of hydrogen-bond acceptors (Lipinski definition) is 7. The first-order valence-corrected chi connectivity index (χ1v) is 12.9. The van der Waals surface area contributed by atoms with Gasteiger partial charge in [-0.1, -0.05) is 0 Å². The van der Waals surface area contributed by atoms with Crippen molar-refractivity contribution in [3.63, 3.8) is 0 Å². The van der Waals surface area contributed by atoms with E-state index in [4.69, 9.17) is 14.5 Å². The van der Waals surface area contributed by atoms with Crippen molar-refractivity contribution in [1.82, 2.24) is 19.8 Å². The maximum Gasteiger partial charge on any atom is 0.262 e. The molecule has 37 heavy (non-hydrogen) atoms. The molecule has 1 amide bonds. The van der Waals surface area contributed by atoms with Gasteiger partial charge < -0.3 is 24.6 Å². The van der Waals surface area contributed by atoms with Crippen LogP contribution < -0.4 is 25.2 Å². The van der Waals surface area contributed by atoms with E-state index in [0.717, 1.165) is 44.7 Å². The molecule has 3 aromatic rings. The minimum atomic E-state index is -0.246. The number of amides is 1. The summed E-state index contributed by atoms with van der Waals surface area (Å²) >= 11 is 0. The van der Waals surface area contributed by atoms with Gasteiger partial charge in [-0.25, -0.2) is 4.98 Å². The molecule has 3 aliphatic rings.